The van der Waals surface area contributed by atoms with E-state index >= 15 is 0 Å². The molecule has 4 heteroatoms. The van der Waals surface area contributed by atoms with Crippen molar-refractivity contribution in [2.75, 3.05) is 7.11 Å². The molecule has 2 atom stereocenters. The molecule has 1 heterocycles. The van der Waals surface area contributed by atoms with Gasteiger partial charge in [-0.05, 0) is 44.5 Å². The van der Waals surface area contributed by atoms with E-state index in [2.05, 4.69) is 24.2 Å². The lowest BCUT2D eigenvalue weighted by Gasteiger charge is -2.12. The molecule has 0 radical (unpaired) electrons. The lowest BCUT2D eigenvalue weighted by atomic mass is 9.96. The van der Waals surface area contributed by atoms with Gasteiger partial charge in [0.05, 0.1) is 17.5 Å². The predicted octanol–water partition coefficient (Wildman–Crippen LogP) is 3.69. The quantitative estimate of drug-likeness (QED) is 0.805. The van der Waals surface area contributed by atoms with Gasteiger partial charge in [0.15, 0.2) is 0 Å². The van der Waals surface area contributed by atoms with Gasteiger partial charge in [-0.1, -0.05) is 12.2 Å². The molecule has 1 aromatic heterocycles. The van der Waals surface area contributed by atoms with E-state index in [0.29, 0.717) is 5.92 Å². The Hall–Kier alpha value is -1.94. The molecule has 0 saturated heterocycles. The molecule has 0 N–H and O–H groups in total. The molecular weight excluding hydrogens is 267 g/mol. The van der Waals surface area contributed by atoms with Gasteiger partial charge in [0, 0.05) is 24.3 Å². The molecule has 0 bridgehead atoms. The summed E-state index contributed by atoms with van der Waals surface area (Å²) in [5.41, 5.74) is 4.25. The SMILES string of the molecule is CO[C@@H]1C=C[C@H](c2c(C)nn(-c3ccc(F)cc3)c2C)C1. The van der Waals surface area contributed by atoms with Gasteiger partial charge in [-0.3, -0.25) is 0 Å². The van der Waals surface area contributed by atoms with Crippen LogP contribution in [0, 0.1) is 19.7 Å². The van der Waals surface area contributed by atoms with Gasteiger partial charge in [0.1, 0.15) is 5.82 Å². The van der Waals surface area contributed by atoms with E-state index in [4.69, 9.17) is 4.74 Å². The van der Waals surface area contributed by atoms with E-state index in [-0.39, 0.29) is 11.9 Å². The summed E-state index contributed by atoms with van der Waals surface area (Å²) in [7, 11) is 1.74. The average Bonchev–Trinajstić information content (AvgIpc) is 3.04. The molecule has 0 amide bonds. The van der Waals surface area contributed by atoms with Crippen LogP contribution in [0.5, 0.6) is 0 Å². The molecule has 2 aromatic rings. The Morgan fingerprint density at radius 2 is 1.90 bits per heavy atom. The van der Waals surface area contributed by atoms with Gasteiger partial charge < -0.3 is 4.74 Å². The standard InChI is InChI=1S/C17H19FN2O/c1-11-17(13-4-9-16(10-13)21-3)12(2)20(19-11)15-7-5-14(18)6-8-15/h4-9,13,16H,10H2,1-3H3/t13-,16+/m0/s1. The Bertz CT molecular complexity index is 673. The number of ether oxygens (including phenoxy) is 1. The summed E-state index contributed by atoms with van der Waals surface area (Å²) < 4.78 is 20.3. The van der Waals surface area contributed by atoms with Gasteiger partial charge in [-0.15, -0.1) is 0 Å². The summed E-state index contributed by atoms with van der Waals surface area (Å²) in [6.07, 6.45) is 5.44. The number of allylic oxidation sites excluding steroid dienone is 1. The fourth-order valence-corrected chi connectivity index (χ4v) is 3.08. The number of nitrogens with zero attached hydrogens (tertiary/aromatic N) is 2. The largest absolute Gasteiger partial charge is 0.377 e. The maximum absolute atomic E-state index is 13.1. The van der Waals surface area contributed by atoms with Crippen molar-refractivity contribution >= 4 is 0 Å². The molecule has 1 aromatic carbocycles. The molecular formula is C17H19FN2O. The first-order valence-corrected chi connectivity index (χ1v) is 7.13. The van der Waals surface area contributed by atoms with Crippen LogP contribution in [0.4, 0.5) is 4.39 Å². The second-order valence-electron chi connectivity index (χ2n) is 5.47. The number of halogens is 1. The number of hydrogen-bond donors (Lipinski definition) is 0. The molecule has 1 aliphatic carbocycles. The molecule has 0 spiro atoms. The smallest absolute Gasteiger partial charge is 0.123 e. The first-order valence-electron chi connectivity index (χ1n) is 7.13. The molecule has 3 nitrogen and oxygen atoms in total. The number of benzene rings is 1. The van der Waals surface area contributed by atoms with Gasteiger partial charge >= 0.3 is 0 Å². The number of methoxy groups -OCH3 is 1. The van der Waals surface area contributed by atoms with Crippen LogP contribution in [0.1, 0.15) is 29.3 Å². The second kappa shape index (κ2) is 5.45. The fourth-order valence-electron chi connectivity index (χ4n) is 3.08. The predicted molar refractivity (Wildman–Crippen MR) is 80.3 cm³/mol. The van der Waals surface area contributed by atoms with Crippen LogP contribution in [-0.2, 0) is 4.74 Å². The van der Waals surface area contributed by atoms with Crippen molar-refractivity contribution in [3.8, 4) is 5.69 Å². The van der Waals surface area contributed by atoms with Crippen LogP contribution in [0.15, 0.2) is 36.4 Å². The highest BCUT2D eigenvalue weighted by Gasteiger charge is 2.25. The van der Waals surface area contributed by atoms with E-state index in [0.717, 1.165) is 23.5 Å². The van der Waals surface area contributed by atoms with Crippen molar-refractivity contribution in [3.63, 3.8) is 0 Å². The van der Waals surface area contributed by atoms with E-state index in [1.165, 1.54) is 17.7 Å². The van der Waals surface area contributed by atoms with Crippen LogP contribution in [0.2, 0.25) is 0 Å². The maximum atomic E-state index is 13.1. The van der Waals surface area contributed by atoms with Crippen LogP contribution in [0.3, 0.4) is 0 Å². The van der Waals surface area contributed by atoms with Gasteiger partial charge in [0.2, 0.25) is 0 Å². The maximum Gasteiger partial charge on any atom is 0.123 e. The normalized spacial score (nSPS) is 21.1. The Balaban J connectivity index is 1.97. The minimum absolute atomic E-state index is 0.183. The second-order valence-corrected chi connectivity index (χ2v) is 5.47. The summed E-state index contributed by atoms with van der Waals surface area (Å²) in [5.74, 6) is 0.103. The van der Waals surface area contributed by atoms with E-state index in [9.17, 15) is 4.39 Å². The Morgan fingerprint density at radius 1 is 1.19 bits per heavy atom. The van der Waals surface area contributed by atoms with Crippen molar-refractivity contribution in [2.24, 2.45) is 0 Å². The minimum Gasteiger partial charge on any atom is -0.377 e. The fraction of sp³-hybridized carbons (Fsp3) is 0.353. The number of aromatic nitrogens is 2. The van der Waals surface area contributed by atoms with Crippen LogP contribution in [0.25, 0.3) is 5.69 Å². The third-order valence-electron chi connectivity index (χ3n) is 4.14. The molecule has 110 valence electrons. The van der Waals surface area contributed by atoms with Gasteiger partial charge in [0.25, 0.3) is 0 Å². The van der Waals surface area contributed by atoms with Crippen molar-refractivity contribution in [1.29, 1.82) is 0 Å². The van der Waals surface area contributed by atoms with Crippen molar-refractivity contribution in [3.05, 3.63) is 59.2 Å². The lowest BCUT2D eigenvalue weighted by Crippen LogP contribution is -2.06. The molecule has 3 rings (SSSR count). The molecule has 0 fully saturated rings. The summed E-state index contributed by atoms with van der Waals surface area (Å²) in [6.45, 7) is 4.09. The van der Waals surface area contributed by atoms with Crippen molar-refractivity contribution in [1.82, 2.24) is 9.78 Å². The number of hydrogen-bond acceptors (Lipinski definition) is 2. The third kappa shape index (κ3) is 2.51. The van der Waals surface area contributed by atoms with E-state index < -0.39 is 0 Å². The summed E-state index contributed by atoms with van der Waals surface area (Å²) >= 11 is 0. The molecule has 0 unspecified atom stereocenters. The third-order valence-corrected chi connectivity index (χ3v) is 4.14. The zero-order valence-corrected chi connectivity index (χ0v) is 12.5. The first kappa shape index (κ1) is 14.0. The summed E-state index contributed by atoms with van der Waals surface area (Å²) in [4.78, 5) is 0. The van der Waals surface area contributed by atoms with Crippen molar-refractivity contribution < 1.29 is 9.13 Å². The molecule has 0 aliphatic heterocycles. The Labute approximate surface area is 124 Å². The summed E-state index contributed by atoms with van der Waals surface area (Å²) in [5, 5.41) is 4.63. The zero-order valence-electron chi connectivity index (χ0n) is 12.5. The van der Waals surface area contributed by atoms with Gasteiger partial charge in [-0.25, -0.2) is 9.07 Å². The van der Waals surface area contributed by atoms with Gasteiger partial charge in [-0.2, -0.15) is 5.10 Å². The zero-order chi connectivity index (χ0) is 15.0. The topological polar surface area (TPSA) is 27.1 Å². The highest BCUT2D eigenvalue weighted by molar-refractivity contribution is 5.41. The van der Waals surface area contributed by atoms with E-state index in [1.54, 1.807) is 19.2 Å². The lowest BCUT2D eigenvalue weighted by molar-refractivity contribution is 0.138. The number of aryl methyl sites for hydroxylation is 1. The summed E-state index contributed by atoms with van der Waals surface area (Å²) in [6, 6.07) is 6.42. The van der Waals surface area contributed by atoms with E-state index in [1.807, 2.05) is 11.6 Å². The molecule has 0 saturated carbocycles. The molecule has 21 heavy (non-hydrogen) atoms. The average molecular weight is 286 g/mol. The Kier molecular flexibility index (Phi) is 3.64. The highest BCUT2D eigenvalue weighted by Crippen LogP contribution is 2.34. The Morgan fingerprint density at radius 3 is 2.52 bits per heavy atom. The highest BCUT2D eigenvalue weighted by atomic mass is 19.1. The van der Waals surface area contributed by atoms with Crippen molar-refractivity contribution in [2.45, 2.75) is 32.3 Å². The van der Waals surface area contributed by atoms with Crippen LogP contribution >= 0.6 is 0 Å². The monoisotopic (exact) mass is 286 g/mol. The number of rotatable bonds is 3. The first-order chi connectivity index (χ1) is 10.1. The molecule has 1 aliphatic rings. The minimum atomic E-state index is -0.234. The van der Waals surface area contributed by atoms with Crippen LogP contribution < -0.4 is 0 Å². The van der Waals surface area contributed by atoms with Crippen LogP contribution in [-0.4, -0.2) is 23.0 Å².